The van der Waals surface area contributed by atoms with Gasteiger partial charge in [0.25, 0.3) is 5.91 Å². The van der Waals surface area contributed by atoms with Gasteiger partial charge in [-0.05, 0) is 38.8 Å². The fourth-order valence-corrected chi connectivity index (χ4v) is 1.83. The number of amides is 1. The van der Waals surface area contributed by atoms with Crippen LogP contribution in [-0.4, -0.2) is 22.5 Å². The van der Waals surface area contributed by atoms with E-state index in [4.69, 9.17) is 10.9 Å². The number of hydrogen-bond donors (Lipinski definition) is 3. The van der Waals surface area contributed by atoms with E-state index in [9.17, 15) is 4.79 Å². The van der Waals surface area contributed by atoms with Crippen LogP contribution < -0.4 is 11.1 Å². The molecule has 0 saturated heterocycles. The molecule has 0 aliphatic heterocycles. The van der Waals surface area contributed by atoms with Gasteiger partial charge in [0.15, 0.2) is 5.84 Å². The van der Waals surface area contributed by atoms with Crippen molar-refractivity contribution in [3.8, 4) is 0 Å². The quantitative estimate of drug-likeness (QED) is 0.336. The minimum Gasteiger partial charge on any atom is -0.409 e. The van der Waals surface area contributed by atoms with Gasteiger partial charge in [0.2, 0.25) is 0 Å². The van der Waals surface area contributed by atoms with E-state index in [2.05, 4.69) is 10.5 Å². The lowest BCUT2D eigenvalue weighted by Crippen LogP contribution is -2.55. The monoisotopic (exact) mass is 263 g/mol. The van der Waals surface area contributed by atoms with Gasteiger partial charge >= 0.3 is 0 Å². The lowest BCUT2D eigenvalue weighted by Gasteiger charge is -2.28. The van der Waals surface area contributed by atoms with Crippen molar-refractivity contribution in [1.29, 1.82) is 0 Å². The maximum atomic E-state index is 12.3. The Morgan fingerprint density at radius 2 is 2.11 bits per heavy atom. The first-order valence-electron chi connectivity index (χ1n) is 6.22. The van der Waals surface area contributed by atoms with Gasteiger partial charge in [-0.15, -0.1) is 0 Å². The minimum atomic E-state index is -0.858. The third kappa shape index (κ3) is 3.24. The molecule has 1 rings (SSSR count). The molecule has 0 spiro atoms. The molecule has 0 fully saturated rings. The molecule has 0 saturated carbocycles. The van der Waals surface area contributed by atoms with Gasteiger partial charge < -0.3 is 16.3 Å². The maximum Gasteiger partial charge on any atom is 0.252 e. The van der Waals surface area contributed by atoms with Crippen LogP contribution in [0.3, 0.4) is 0 Å². The molecular weight excluding hydrogens is 242 g/mol. The largest absolute Gasteiger partial charge is 0.409 e. The summed E-state index contributed by atoms with van der Waals surface area (Å²) >= 11 is 0. The fraction of sp³-hybridized carbons (Fsp3) is 0.429. The fourth-order valence-electron chi connectivity index (χ4n) is 1.83. The molecule has 4 N–H and O–H groups in total. The molecule has 1 atom stereocenters. The van der Waals surface area contributed by atoms with Crippen LogP contribution in [0.1, 0.15) is 41.8 Å². The number of benzene rings is 1. The van der Waals surface area contributed by atoms with Gasteiger partial charge in [0, 0.05) is 5.56 Å². The van der Waals surface area contributed by atoms with Crippen LogP contribution >= 0.6 is 0 Å². The molecule has 19 heavy (non-hydrogen) atoms. The van der Waals surface area contributed by atoms with Crippen molar-refractivity contribution in [2.45, 2.75) is 39.7 Å². The molecule has 1 aromatic carbocycles. The Hall–Kier alpha value is -2.04. The number of nitrogens with one attached hydrogen (secondary N) is 1. The molecule has 104 valence electrons. The molecule has 5 heteroatoms. The van der Waals surface area contributed by atoms with E-state index >= 15 is 0 Å². The summed E-state index contributed by atoms with van der Waals surface area (Å²) in [6, 6.07) is 5.61. The number of nitrogens with two attached hydrogens (primary N) is 1. The molecule has 0 radical (unpaired) electrons. The topological polar surface area (TPSA) is 87.7 Å². The zero-order valence-corrected chi connectivity index (χ0v) is 11.8. The highest BCUT2D eigenvalue weighted by atomic mass is 16.4. The van der Waals surface area contributed by atoms with Crippen LogP contribution in [0.25, 0.3) is 0 Å². The van der Waals surface area contributed by atoms with E-state index in [1.54, 1.807) is 13.0 Å². The van der Waals surface area contributed by atoms with E-state index in [0.29, 0.717) is 12.0 Å². The maximum absolute atomic E-state index is 12.3. The van der Waals surface area contributed by atoms with Crippen LogP contribution in [0.15, 0.2) is 23.4 Å². The number of amidine groups is 1. The highest BCUT2D eigenvalue weighted by molar-refractivity contribution is 6.00. The number of hydrogen-bond acceptors (Lipinski definition) is 3. The van der Waals surface area contributed by atoms with Gasteiger partial charge in [0.1, 0.15) is 0 Å². The average Bonchev–Trinajstić information content (AvgIpc) is 2.37. The predicted molar refractivity (Wildman–Crippen MR) is 75.5 cm³/mol. The standard InChI is InChI=1S/C14H21N3O2/c1-5-14(4,13(15)17-19)16-12(18)11-7-6-9(2)8-10(11)3/h6-8,19H,5H2,1-4H3,(H2,15,17)(H,16,18). The van der Waals surface area contributed by atoms with Crippen LogP contribution in [-0.2, 0) is 0 Å². The normalized spacial score (nSPS) is 14.8. The van der Waals surface area contributed by atoms with Gasteiger partial charge in [-0.25, -0.2) is 0 Å². The van der Waals surface area contributed by atoms with Gasteiger partial charge in [0.05, 0.1) is 5.54 Å². The molecule has 5 nitrogen and oxygen atoms in total. The van der Waals surface area contributed by atoms with Gasteiger partial charge in [-0.3, -0.25) is 4.79 Å². The summed E-state index contributed by atoms with van der Waals surface area (Å²) in [5.41, 5.74) is 7.37. The van der Waals surface area contributed by atoms with Crippen molar-refractivity contribution in [2.24, 2.45) is 10.9 Å². The first-order chi connectivity index (χ1) is 8.84. The first kappa shape index (κ1) is 15.0. The number of rotatable bonds is 4. The summed E-state index contributed by atoms with van der Waals surface area (Å²) < 4.78 is 0. The van der Waals surface area contributed by atoms with E-state index in [0.717, 1.165) is 11.1 Å². The summed E-state index contributed by atoms with van der Waals surface area (Å²) in [5, 5.41) is 14.6. The molecule has 0 aliphatic rings. The Labute approximate surface area is 113 Å². The third-order valence-electron chi connectivity index (χ3n) is 3.40. The van der Waals surface area contributed by atoms with E-state index in [-0.39, 0.29) is 11.7 Å². The predicted octanol–water partition coefficient (Wildman–Crippen LogP) is 1.95. The molecule has 0 aromatic heterocycles. The average molecular weight is 263 g/mol. The summed E-state index contributed by atoms with van der Waals surface area (Å²) in [6.45, 7) is 7.44. The Kier molecular flexibility index (Phi) is 4.53. The number of aryl methyl sites for hydroxylation is 2. The van der Waals surface area contributed by atoms with Crippen molar-refractivity contribution < 1.29 is 10.0 Å². The third-order valence-corrected chi connectivity index (χ3v) is 3.40. The van der Waals surface area contributed by atoms with E-state index in [1.807, 2.05) is 32.9 Å². The van der Waals surface area contributed by atoms with Crippen molar-refractivity contribution in [3.05, 3.63) is 34.9 Å². The van der Waals surface area contributed by atoms with Crippen LogP contribution in [0, 0.1) is 13.8 Å². The molecule has 0 bridgehead atoms. The molecule has 0 heterocycles. The Morgan fingerprint density at radius 3 is 2.58 bits per heavy atom. The zero-order chi connectivity index (χ0) is 14.6. The molecule has 1 unspecified atom stereocenters. The van der Waals surface area contributed by atoms with Crippen LogP contribution in [0.4, 0.5) is 0 Å². The minimum absolute atomic E-state index is 0.00638. The molecule has 1 aromatic rings. The van der Waals surface area contributed by atoms with Gasteiger partial charge in [-0.1, -0.05) is 29.8 Å². The smallest absolute Gasteiger partial charge is 0.252 e. The van der Waals surface area contributed by atoms with E-state index < -0.39 is 5.54 Å². The highest BCUT2D eigenvalue weighted by Gasteiger charge is 2.30. The second-order valence-corrected chi connectivity index (χ2v) is 4.94. The van der Waals surface area contributed by atoms with Crippen molar-refractivity contribution in [1.82, 2.24) is 5.32 Å². The number of carbonyl (C=O) groups excluding carboxylic acids is 1. The summed E-state index contributed by atoms with van der Waals surface area (Å²) in [5.74, 6) is -0.235. The molecule has 1 amide bonds. The van der Waals surface area contributed by atoms with Crippen molar-refractivity contribution in [2.75, 3.05) is 0 Å². The first-order valence-corrected chi connectivity index (χ1v) is 6.22. The van der Waals surface area contributed by atoms with Crippen LogP contribution in [0.5, 0.6) is 0 Å². The van der Waals surface area contributed by atoms with Crippen molar-refractivity contribution in [3.63, 3.8) is 0 Å². The van der Waals surface area contributed by atoms with Gasteiger partial charge in [-0.2, -0.15) is 0 Å². The molecule has 0 aliphatic carbocycles. The summed E-state index contributed by atoms with van der Waals surface area (Å²) in [4.78, 5) is 12.3. The molecular formula is C14H21N3O2. The Balaban J connectivity index is 3.02. The number of carbonyl (C=O) groups is 1. The highest BCUT2D eigenvalue weighted by Crippen LogP contribution is 2.14. The summed E-state index contributed by atoms with van der Waals surface area (Å²) in [7, 11) is 0. The zero-order valence-electron chi connectivity index (χ0n) is 11.8. The Bertz CT molecular complexity index is 511. The summed E-state index contributed by atoms with van der Waals surface area (Å²) in [6.07, 6.45) is 0.527. The van der Waals surface area contributed by atoms with Crippen molar-refractivity contribution >= 4 is 11.7 Å². The second kappa shape index (κ2) is 5.73. The van der Waals surface area contributed by atoms with Crippen LogP contribution in [0.2, 0.25) is 0 Å². The van der Waals surface area contributed by atoms with E-state index in [1.165, 1.54) is 0 Å². The SMILES string of the molecule is CCC(C)(NC(=O)c1ccc(C)cc1C)/C(N)=N/O. The Morgan fingerprint density at radius 1 is 1.47 bits per heavy atom. The lowest BCUT2D eigenvalue weighted by atomic mass is 9.96. The second-order valence-electron chi connectivity index (χ2n) is 4.94. The lowest BCUT2D eigenvalue weighted by molar-refractivity contribution is 0.0924. The number of nitrogens with zero attached hydrogens (tertiary/aromatic N) is 1. The number of oxime groups is 1.